The summed E-state index contributed by atoms with van der Waals surface area (Å²) in [7, 11) is 0. The van der Waals surface area contributed by atoms with Gasteiger partial charge in [0, 0.05) is 27.7 Å². The van der Waals surface area contributed by atoms with Gasteiger partial charge in [-0.25, -0.2) is 0 Å². The van der Waals surface area contributed by atoms with Gasteiger partial charge in [-0.1, -0.05) is 12.1 Å². The average Bonchev–Trinajstić information content (AvgIpc) is 3.27. The highest BCUT2D eigenvalue weighted by Gasteiger charge is 2.60. The Kier molecular flexibility index (Phi) is 6.23. The highest BCUT2D eigenvalue weighted by Crippen LogP contribution is 2.40. The summed E-state index contributed by atoms with van der Waals surface area (Å²) in [6.07, 6.45) is -5.55. The molecule has 0 saturated carbocycles. The van der Waals surface area contributed by atoms with Gasteiger partial charge in [0.05, 0.1) is 0 Å². The van der Waals surface area contributed by atoms with Crippen LogP contribution in [0.4, 0.5) is 0 Å². The van der Waals surface area contributed by atoms with Crippen LogP contribution in [0.3, 0.4) is 0 Å². The fourth-order valence-corrected chi connectivity index (χ4v) is 3.68. The lowest BCUT2D eigenvalue weighted by Crippen LogP contribution is -2.60. The summed E-state index contributed by atoms with van der Waals surface area (Å²) >= 11 is 0. The SMILES string of the molecule is CC(=O)OC[C@H]1O[C@@H]2OC(C)(Oc3nc4ccccc4o3)O[C@@H]2[C@@H](OC(C)=O)[C@@H]1OC(C)=O. The summed E-state index contributed by atoms with van der Waals surface area (Å²) in [5.41, 5.74) is 1.06. The van der Waals surface area contributed by atoms with Crippen molar-refractivity contribution in [2.45, 2.75) is 64.4 Å². The lowest BCUT2D eigenvalue weighted by atomic mass is 9.98. The molecule has 0 radical (unpaired) electrons. The van der Waals surface area contributed by atoms with E-state index in [1.165, 1.54) is 27.7 Å². The second-order valence-electron chi connectivity index (χ2n) is 7.61. The predicted molar refractivity (Wildman–Crippen MR) is 105 cm³/mol. The van der Waals surface area contributed by atoms with Gasteiger partial charge < -0.3 is 32.8 Å². The average molecular weight is 465 g/mol. The molecule has 2 fully saturated rings. The number of esters is 3. The van der Waals surface area contributed by atoms with E-state index in [0.29, 0.717) is 11.1 Å². The lowest BCUT2D eigenvalue weighted by Gasteiger charge is -2.40. The first kappa shape index (κ1) is 23.0. The minimum absolute atomic E-state index is 0.116. The largest absolute Gasteiger partial charge is 0.463 e. The van der Waals surface area contributed by atoms with Crippen LogP contribution >= 0.6 is 0 Å². The number of benzene rings is 1. The van der Waals surface area contributed by atoms with E-state index >= 15 is 0 Å². The second kappa shape index (κ2) is 8.96. The molecule has 0 spiro atoms. The molecule has 1 aromatic carbocycles. The van der Waals surface area contributed by atoms with Crippen LogP contribution in [0.1, 0.15) is 27.7 Å². The number of oxazole rings is 1. The molecule has 1 aromatic heterocycles. The van der Waals surface area contributed by atoms with Crippen LogP contribution in [-0.4, -0.2) is 66.2 Å². The molecule has 0 N–H and O–H groups in total. The fraction of sp³-hybridized carbons (Fsp3) is 0.524. The summed E-state index contributed by atoms with van der Waals surface area (Å²) in [5.74, 6) is -3.62. The van der Waals surface area contributed by atoms with E-state index in [0.717, 1.165) is 0 Å². The van der Waals surface area contributed by atoms with Crippen molar-refractivity contribution in [2.75, 3.05) is 6.61 Å². The third-order valence-corrected chi connectivity index (χ3v) is 4.87. The van der Waals surface area contributed by atoms with E-state index < -0.39 is 54.6 Å². The fourth-order valence-electron chi connectivity index (χ4n) is 3.68. The van der Waals surface area contributed by atoms with Gasteiger partial charge in [0.15, 0.2) is 30.2 Å². The molecule has 33 heavy (non-hydrogen) atoms. The normalized spacial score (nSPS) is 31.0. The Morgan fingerprint density at radius 2 is 1.70 bits per heavy atom. The minimum atomic E-state index is -1.74. The van der Waals surface area contributed by atoms with Crippen LogP contribution in [0.5, 0.6) is 6.08 Å². The van der Waals surface area contributed by atoms with Crippen LogP contribution in [0, 0.1) is 0 Å². The van der Waals surface area contributed by atoms with E-state index in [1.807, 2.05) is 0 Å². The topological polar surface area (TPSA) is 142 Å². The lowest BCUT2D eigenvalue weighted by molar-refractivity contribution is -0.312. The third kappa shape index (κ3) is 5.07. The highest BCUT2D eigenvalue weighted by molar-refractivity contribution is 5.72. The van der Waals surface area contributed by atoms with Crippen molar-refractivity contribution >= 4 is 29.0 Å². The van der Waals surface area contributed by atoms with E-state index in [4.69, 9.17) is 37.6 Å². The van der Waals surface area contributed by atoms with Gasteiger partial charge in [-0.15, -0.1) is 0 Å². The molecule has 3 heterocycles. The van der Waals surface area contributed by atoms with Gasteiger partial charge in [-0.3, -0.25) is 19.1 Å². The zero-order valence-corrected chi connectivity index (χ0v) is 18.3. The number of carbonyl (C=O) groups is 3. The molecule has 4 rings (SSSR count). The quantitative estimate of drug-likeness (QED) is 0.450. The standard InChI is InChI=1S/C21H23NO11/c1-10(23)26-9-15-16(27-11(2)24)17(28-12(3)25)18-19(29-15)32-21(4,31-18)33-20-22-13-7-5-6-8-14(13)30-20/h5-8,15-19H,9H2,1-4H3/t15-,16-,17+,18-,19-,21?/m1/s1. The Bertz CT molecular complexity index is 1020. The first-order valence-corrected chi connectivity index (χ1v) is 10.2. The summed E-state index contributed by atoms with van der Waals surface area (Å²) < 4.78 is 44.6. The summed E-state index contributed by atoms with van der Waals surface area (Å²) in [5, 5.41) is 0. The third-order valence-electron chi connectivity index (χ3n) is 4.87. The van der Waals surface area contributed by atoms with Crippen molar-refractivity contribution in [1.29, 1.82) is 0 Å². The molecule has 0 bridgehead atoms. The van der Waals surface area contributed by atoms with Crippen LogP contribution in [0.15, 0.2) is 28.7 Å². The molecule has 6 atom stereocenters. The molecule has 178 valence electrons. The Morgan fingerprint density at radius 1 is 1.00 bits per heavy atom. The molecule has 2 saturated heterocycles. The van der Waals surface area contributed by atoms with Crippen LogP contribution in [-0.2, 0) is 42.8 Å². The smallest absolute Gasteiger partial charge is 0.399 e. The van der Waals surface area contributed by atoms with Crippen molar-refractivity contribution < 1.29 is 52.0 Å². The van der Waals surface area contributed by atoms with Gasteiger partial charge in [0.25, 0.3) is 0 Å². The molecule has 2 aliphatic rings. The number of carbonyl (C=O) groups excluding carboxylic acids is 3. The molecular weight excluding hydrogens is 442 g/mol. The van der Waals surface area contributed by atoms with Crippen molar-refractivity contribution in [1.82, 2.24) is 4.98 Å². The zero-order valence-electron chi connectivity index (χ0n) is 18.3. The van der Waals surface area contributed by atoms with Gasteiger partial charge in [-0.05, 0) is 12.1 Å². The molecule has 2 aromatic rings. The predicted octanol–water partition coefficient (Wildman–Crippen LogP) is 1.45. The Morgan fingerprint density at radius 3 is 2.36 bits per heavy atom. The van der Waals surface area contributed by atoms with E-state index in [1.54, 1.807) is 24.3 Å². The van der Waals surface area contributed by atoms with E-state index in [9.17, 15) is 14.4 Å². The Labute approximate surface area is 188 Å². The van der Waals surface area contributed by atoms with Crippen LogP contribution < -0.4 is 4.74 Å². The van der Waals surface area contributed by atoms with Gasteiger partial charge in [-0.2, -0.15) is 4.98 Å². The van der Waals surface area contributed by atoms with Crippen molar-refractivity contribution in [3.63, 3.8) is 0 Å². The van der Waals surface area contributed by atoms with Crippen molar-refractivity contribution in [3.05, 3.63) is 24.3 Å². The molecule has 12 nitrogen and oxygen atoms in total. The number of ether oxygens (including phenoxy) is 7. The van der Waals surface area contributed by atoms with Gasteiger partial charge in [0.1, 0.15) is 18.2 Å². The number of fused-ring (bicyclic) bond motifs is 2. The Balaban J connectivity index is 1.59. The number of rotatable bonds is 6. The molecule has 2 aliphatic heterocycles. The second-order valence-corrected chi connectivity index (χ2v) is 7.61. The maximum Gasteiger partial charge on any atom is 0.399 e. The maximum absolute atomic E-state index is 11.8. The zero-order chi connectivity index (χ0) is 23.8. The molecule has 0 amide bonds. The summed E-state index contributed by atoms with van der Waals surface area (Å²) in [6, 6.07) is 7.04. The molecule has 1 unspecified atom stereocenters. The first-order chi connectivity index (χ1) is 15.6. The number of aromatic nitrogens is 1. The Hall–Kier alpha value is -3.22. The summed E-state index contributed by atoms with van der Waals surface area (Å²) in [4.78, 5) is 39.1. The molecule has 0 aliphatic carbocycles. The molecule has 12 heteroatoms. The molecular formula is C21H23NO11. The number of hydrogen-bond acceptors (Lipinski definition) is 12. The summed E-state index contributed by atoms with van der Waals surface area (Å²) in [6.45, 7) is 4.78. The number of para-hydroxylation sites is 2. The van der Waals surface area contributed by atoms with Crippen LogP contribution in [0.25, 0.3) is 11.1 Å². The first-order valence-electron chi connectivity index (χ1n) is 10.2. The van der Waals surface area contributed by atoms with E-state index in [2.05, 4.69) is 4.98 Å². The number of nitrogens with zero attached hydrogens (tertiary/aromatic N) is 1. The minimum Gasteiger partial charge on any atom is -0.463 e. The number of hydrogen-bond donors (Lipinski definition) is 0. The van der Waals surface area contributed by atoms with Crippen molar-refractivity contribution in [2.24, 2.45) is 0 Å². The monoisotopic (exact) mass is 465 g/mol. The van der Waals surface area contributed by atoms with Gasteiger partial charge >= 0.3 is 30.0 Å². The van der Waals surface area contributed by atoms with Crippen LogP contribution in [0.2, 0.25) is 0 Å². The van der Waals surface area contributed by atoms with E-state index in [-0.39, 0.29) is 12.7 Å². The van der Waals surface area contributed by atoms with Gasteiger partial charge in [0.2, 0.25) is 0 Å². The maximum atomic E-state index is 11.8. The highest BCUT2D eigenvalue weighted by atomic mass is 17.0. The van der Waals surface area contributed by atoms with Crippen molar-refractivity contribution in [3.8, 4) is 6.08 Å².